The molecule has 0 amide bonds. The second kappa shape index (κ2) is 4.75. The Kier molecular flexibility index (Phi) is 4.75. The second-order valence-electron chi connectivity index (χ2n) is 2.83. The van der Waals surface area contributed by atoms with Gasteiger partial charge in [-0.2, -0.15) is 0 Å². The summed E-state index contributed by atoms with van der Waals surface area (Å²) in [4.78, 5) is -0.138. The van der Waals surface area contributed by atoms with Gasteiger partial charge in [-0.25, -0.2) is 0 Å². The number of hydrogen-bond donors (Lipinski definition) is 0. The first-order valence-electron chi connectivity index (χ1n) is 3.44. The van der Waals surface area contributed by atoms with E-state index in [0.717, 1.165) is 6.42 Å². The summed E-state index contributed by atoms with van der Waals surface area (Å²) in [7, 11) is 0. The number of ether oxygens (including phenoxy) is 1. The van der Waals surface area contributed by atoms with Crippen LogP contribution < -0.4 is 0 Å². The van der Waals surface area contributed by atoms with Crippen molar-refractivity contribution < 1.29 is 4.74 Å². The highest BCUT2D eigenvalue weighted by Crippen LogP contribution is 2.16. The molecule has 0 fully saturated rings. The maximum atomic E-state index is 5.91. The van der Waals surface area contributed by atoms with Crippen LogP contribution in [0.3, 0.4) is 0 Å². The lowest BCUT2D eigenvalue weighted by atomic mass is 10.1. The third kappa shape index (κ3) is 7.99. The van der Waals surface area contributed by atoms with Crippen LogP contribution in [0.2, 0.25) is 0 Å². The average molecular weight is 163 g/mol. The third-order valence-corrected chi connectivity index (χ3v) is 1.27. The van der Waals surface area contributed by atoms with Crippen molar-refractivity contribution in [1.29, 1.82) is 0 Å². The molecule has 0 N–H and O–H groups in total. The van der Waals surface area contributed by atoms with Crippen LogP contribution in [0.1, 0.15) is 20.3 Å². The maximum Gasteiger partial charge on any atom is 0.0644 e. The zero-order valence-electron chi connectivity index (χ0n) is 6.69. The first-order valence-corrected chi connectivity index (χ1v) is 3.81. The summed E-state index contributed by atoms with van der Waals surface area (Å²) in [5.41, 5.74) is 0. The predicted octanol–water partition coefficient (Wildman–Crippen LogP) is 2.60. The van der Waals surface area contributed by atoms with E-state index in [0.29, 0.717) is 13.2 Å². The van der Waals surface area contributed by atoms with Gasteiger partial charge in [0.25, 0.3) is 0 Å². The van der Waals surface area contributed by atoms with Crippen molar-refractivity contribution in [2.24, 2.45) is 0 Å². The van der Waals surface area contributed by atoms with Gasteiger partial charge in [0, 0.05) is 11.5 Å². The predicted molar refractivity (Wildman–Crippen MR) is 45.6 cm³/mol. The molecule has 0 spiro atoms. The van der Waals surface area contributed by atoms with E-state index in [-0.39, 0.29) is 4.87 Å². The lowest BCUT2D eigenvalue weighted by Crippen LogP contribution is -2.13. The van der Waals surface area contributed by atoms with Crippen LogP contribution in [-0.2, 0) is 4.74 Å². The minimum Gasteiger partial charge on any atom is -0.377 e. The van der Waals surface area contributed by atoms with E-state index in [1.165, 1.54) is 0 Å². The van der Waals surface area contributed by atoms with Crippen LogP contribution in [0.25, 0.3) is 0 Å². The largest absolute Gasteiger partial charge is 0.377 e. The van der Waals surface area contributed by atoms with E-state index < -0.39 is 0 Å². The Morgan fingerprint density at radius 1 is 1.60 bits per heavy atom. The molecule has 0 atom stereocenters. The van der Waals surface area contributed by atoms with Crippen LogP contribution >= 0.6 is 11.6 Å². The smallest absolute Gasteiger partial charge is 0.0644 e. The fourth-order valence-corrected chi connectivity index (χ4v) is 0.559. The molecule has 0 bridgehead atoms. The highest BCUT2D eigenvalue weighted by atomic mass is 35.5. The van der Waals surface area contributed by atoms with Gasteiger partial charge >= 0.3 is 0 Å². The summed E-state index contributed by atoms with van der Waals surface area (Å²) >= 11 is 5.91. The van der Waals surface area contributed by atoms with Crippen LogP contribution in [-0.4, -0.2) is 18.1 Å². The van der Waals surface area contributed by atoms with Gasteiger partial charge < -0.3 is 4.74 Å². The van der Waals surface area contributed by atoms with Crippen molar-refractivity contribution in [1.82, 2.24) is 0 Å². The summed E-state index contributed by atoms with van der Waals surface area (Å²) in [6.45, 7) is 8.82. The van der Waals surface area contributed by atoms with Gasteiger partial charge in [-0.15, -0.1) is 18.2 Å². The Labute approximate surface area is 68.0 Å². The lowest BCUT2D eigenvalue weighted by Gasteiger charge is -2.14. The molecule has 0 rings (SSSR count). The van der Waals surface area contributed by atoms with E-state index in [1.807, 2.05) is 13.8 Å². The summed E-state index contributed by atoms with van der Waals surface area (Å²) < 4.78 is 5.16. The maximum absolute atomic E-state index is 5.91. The zero-order valence-corrected chi connectivity index (χ0v) is 7.45. The molecule has 0 aromatic rings. The van der Waals surface area contributed by atoms with Crippen LogP contribution in [0.5, 0.6) is 0 Å². The fourth-order valence-electron chi connectivity index (χ4n) is 0.482. The number of halogens is 1. The van der Waals surface area contributed by atoms with Gasteiger partial charge in [0.05, 0.1) is 6.61 Å². The summed E-state index contributed by atoms with van der Waals surface area (Å²) in [5, 5.41) is 0. The topological polar surface area (TPSA) is 9.23 Å². The van der Waals surface area contributed by atoms with Gasteiger partial charge in [0.1, 0.15) is 0 Å². The highest BCUT2D eigenvalue weighted by Gasteiger charge is 2.11. The molecular formula is C8H15ClO. The summed E-state index contributed by atoms with van der Waals surface area (Å²) in [6.07, 6.45) is 2.61. The molecule has 0 aromatic heterocycles. The molecule has 10 heavy (non-hydrogen) atoms. The van der Waals surface area contributed by atoms with Crippen molar-refractivity contribution >= 4 is 11.6 Å². The molecule has 0 aliphatic heterocycles. The molecule has 0 saturated heterocycles. The fraction of sp³-hybridized carbons (Fsp3) is 0.750. The summed E-state index contributed by atoms with van der Waals surface area (Å²) in [5.74, 6) is 0. The standard InChI is InChI=1S/C8H15ClO/c1-4-6-10-7-5-8(2,3)9/h4H,1,5-7H2,2-3H3. The molecular weight excluding hydrogens is 148 g/mol. The molecule has 0 aliphatic rings. The van der Waals surface area contributed by atoms with Crippen molar-refractivity contribution in [3.63, 3.8) is 0 Å². The first kappa shape index (κ1) is 9.99. The normalized spacial score (nSPS) is 11.5. The molecule has 0 saturated carbocycles. The molecule has 1 nitrogen and oxygen atoms in total. The molecule has 0 heterocycles. The molecule has 0 aliphatic carbocycles. The second-order valence-corrected chi connectivity index (χ2v) is 3.86. The SMILES string of the molecule is C=CCOCCC(C)(C)Cl. The van der Waals surface area contributed by atoms with E-state index in [2.05, 4.69) is 6.58 Å². The Morgan fingerprint density at radius 3 is 2.60 bits per heavy atom. The van der Waals surface area contributed by atoms with Crippen LogP contribution in [0.4, 0.5) is 0 Å². The third-order valence-electron chi connectivity index (χ3n) is 1.08. The van der Waals surface area contributed by atoms with Crippen LogP contribution in [0, 0.1) is 0 Å². The van der Waals surface area contributed by atoms with Gasteiger partial charge in [-0.3, -0.25) is 0 Å². The average Bonchev–Trinajstić information content (AvgIpc) is 1.78. The molecule has 0 radical (unpaired) electrons. The minimum atomic E-state index is -0.138. The zero-order chi connectivity index (χ0) is 8.04. The number of hydrogen-bond acceptors (Lipinski definition) is 1. The van der Waals surface area contributed by atoms with Crippen molar-refractivity contribution in [2.75, 3.05) is 13.2 Å². The van der Waals surface area contributed by atoms with Gasteiger partial charge in [0.2, 0.25) is 0 Å². The van der Waals surface area contributed by atoms with Gasteiger partial charge in [0.15, 0.2) is 0 Å². The lowest BCUT2D eigenvalue weighted by molar-refractivity contribution is 0.153. The molecule has 60 valence electrons. The van der Waals surface area contributed by atoms with E-state index in [1.54, 1.807) is 6.08 Å². The molecule has 2 heteroatoms. The monoisotopic (exact) mass is 162 g/mol. The van der Waals surface area contributed by atoms with E-state index in [4.69, 9.17) is 16.3 Å². The van der Waals surface area contributed by atoms with Gasteiger partial charge in [-0.1, -0.05) is 6.08 Å². The van der Waals surface area contributed by atoms with Gasteiger partial charge in [-0.05, 0) is 20.3 Å². The quantitative estimate of drug-likeness (QED) is 0.343. The minimum absolute atomic E-state index is 0.138. The first-order chi connectivity index (χ1) is 4.56. The highest BCUT2D eigenvalue weighted by molar-refractivity contribution is 6.23. The van der Waals surface area contributed by atoms with E-state index >= 15 is 0 Å². The Hall–Kier alpha value is -0.0100. The van der Waals surface area contributed by atoms with Crippen LogP contribution in [0.15, 0.2) is 12.7 Å². The number of rotatable bonds is 5. The molecule has 0 unspecified atom stereocenters. The van der Waals surface area contributed by atoms with Crippen molar-refractivity contribution in [2.45, 2.75) is 25.1 Å². The van der Waals surface area contributed by atoms with Crippen molar-refractivity contribution in [3.8, 4) is 0 Å². The summed E-state index contributed by atoms with van der Waals surface area (Å²) in [6, 6.07) is 0. The number of alkyl halides is 1. The van der Waals surface area contributed by atoms with E-state index in [9.17, 15) is 0 Å². The molecule has 0 aromatic carbocycles. The Balaban J connectivity index is 3.12. The Bertz CT molecular complexity index is 93.9. The van der Waals surface area contributed by atoms with Crippen molar-refractivity contribution in [3.05, 3.63) is 12.7 Å². The Morgan fingerprint density at radius 2 is 2.20 bits per heavy atom.